The van der Waals surface area contributed by atoms with Gasteiger partial charge in [-0.1, -0.05) is 6.07 Å². The maximum Gasteiger partial charge on any atom is 0.320 e. The number of carbonyl (C=O) groups is 1. The van der Waals surface area contributed by atoms with E-state index in [1.807, 2.05) is 25.1 Å². The summed E-state index contributed by atoms with van der Waals surface area (Å²) in [4.78, 5) is 10.8. The number of hydrogen-bond donors (Lipinski definition) is 2. The van der Waals surface area contributed by atoms with Crippen LogP contribution in [0.25, 0.3) is 0 Å². The minimum Gasteiger partial charge on any atom is -0.486 e. The van der Waals surface area contributed by atoms with Gasteiger partial charge in [-0.2, -0.15) is 0 Å². The molecule has 5 nitrogen and oxygen atoms in total. The molecule has 0 aliphatic carbocycles. The van der Waals surface area contributed by atoms with Crippen molar-refractivity contribution in [1.82, 2.24) is 5.32 Å². The van der Waals surface area contributed by atoms with Gasteiger partial charge in [0.1, 0.15) is 19.3 Å². The Balaban J connectivity index is 2.11. The molecule has 0 fully saturated rings. The molecular weight excluding hydrogens is 234 g/mol. The molecule has 1 heterocycles. The van der Waals surface area contributed by atoms with Gasteiger partial charge in [0.15, 0.2) is 11.5 Å². The van der Waals surface area contributed by atoms with Crippen molar-refractivity contribution in [2.24, 2.45) is 0 Å². The standard InChI is InChI=1S/C13H17NO4/c1-8(14-9(2)13(15)16)10-3-4-11-12(7-10)18-6-5-17-11/h3-4,7-9,14H,5-6H2,1-2H3,(H,15,16). The van der Waals surface area contributed by atoms with Crippen molar-refractivity contribution >= 4 is 5.97 Å². The van der Waals surface area contributed by atoms with Crippen LogP contribution in [-0.4, -0.2) is 30.3 Å². The van der Waals surface area contributed by atoms with Crippen LogP contribution in [-0.2, 0) is 4.79 Å². The van der Waals surface area contributed by atoms with Gasteiger partial charge >= 0.3 is 5.97 Å². The lowest BCUT2D eigenvalue weighted by molar-refractivity contribution is -0.139. The first kappa shape index (κ1) is 12.7. The zero-order chi connectivity index (χ0) is 13.1. The molecule has 98 valence electrons. The van der Waals surface area contributed by atoms with E-state index < -0.39 is 12.0 Å². The van der Waals surface area contributed by atoms with Crippen LogP contribution in [0.4, 0.5) is 0 Å². The van der Waals surface area contributed by atoms with E-state index in [0.717, 1.165) is 17.1 Å². The van der Waals surface area contributed by atoms with Gasteiger partial charge in [-0.15, -0.1) is 0 Å². The van der Waals surface area contributed by atoms with Crippen molar-refractivity contribution in [3.63, 3.8) is 0 Å². The van der Waals surface area contributed by atoms with E-state index in [9.17, 15) is 4.79 Å². The number of rotatable bonds is 4. The number of hydrogen-bond acceptors (Lipinski definition) is 4. The highest BCUT2D eigenvalue weighted by Crippen LogP contribution is 2.32. The Morgan fingerprint density at radius 2 is 1.94 bits per heavy atom. The van der Waals surface area contributed by atoms with Crippen LogP contribution in [0.1, 0.15) is 25.5 Å². The quantitative estimate of drug-likeness (QED) is 0.850. The van der Waals surface area contributed by atoms with E-state index in [2.05, 4.69) is 5.32 Å². The Morgan fingerprint density at radius 1 is 1.28 bits per heavy atom. The van der Waals surface area contributed by atoms with Gasteiger partial charge in [0.05, 0.1) is 0 Å². The Bertz CT molecular complexity index is 447. The summed E-state index contributed by atoms with van der Waals surface area (Å²) >= 11 is 0. The predicted molar refractivity (Wildman–Crippen MR) is 66.1 cm³/mol. The lowest BCUT2D eigenvalue weighted by atomic mass is 10.1. The molecule has 1 aromatic carbocycles. The molecule has 1 aliphatic heterocycles. The third kappa shape index (κ3) is 2.73. The van der Waals surface area contributed by atoms with E-state index in [1.54, 1.807) is 6.92 Å². The Labute approximate surface area is 106 Å². The number of aliphatic carboxylic acids is 1. The lowest BCUT2D eigenvalue weighted by Gasteiger charge is -2.22. The molecule has 0 saturated carbocycles. The Kier molecular flexibility index (Phi) is 3.72. The van der Waals surface area contributed by atoms with Gasteiger partial charge in [-0.25, -0.2) is 0 Å². The largest absolute Gasteiger partial charge is 0.486 e. The highest BCUT2D eigenvalue weighted by Gasteiger charge is 2.17. The molecule has 0 aromatic heterocycles. The van der Waals surface area contributed by atoms with Crippen molar-refractivity contribution in [3.05, 3.63) is 23.8 Å². The number of carboxylic acids is 1. The van der Waals surface area contributed by atoms with Gasteiger partial charge in [0, 0.05) is 6.04 Å². The van der Waals surface area contributed by atoms with Crippen molar-refractivity contribution in [3.8, 4) is 11.5 Å². The highest BCUT2D eigenvalue weighted by molar-refractivity contribution is 5.72. The first-order valence-corrected chi connectivity index (χ1v) is 5.96. The van der Waals surface area contributed by atoms with Crippen molar-refractivity contribution in [1.29, 1.82) is 0 Å². The second-order valence-corrected chi connectivity index (χ2v) is 4.35. The number of ether oxygens (including phenoxy) is 2. The summed E-state index contributed by atoms with van der Waals surface area (Å²) in [5.41, 5.74) is 0.979. The fraction of sp³-hybridized carbons (Fsp3) is 0.462. The molecule has 0 spiro atoms. The zero-order valence-electron chi connectivity index (χ0n) is 10.5. The number of benzene rings is 1. The fourth-order valence-electron chi connectivity index (χ4n) is 1.87. The normalized spacial score (nSPS) is 17.0. The lowest BCUT2D eigenvalue weighted by Crippen LogP contribution is -2.35. The van der Waals surface area contributed by atoms with Crippen molar-refractivity contribution < 1.29 is 19.4 Å². The molecule has 0 bridgehead atoms. The van der Waals surface area contributed by atoms with Gasteiger partial charge in [-0.05, 0) is 31.5 Å². The average Bonchev–Trinajstić information content (AvgIpc) is 2.37. The predicted octanol–water partition coefficient (Wildman–Crippen LogP) is 1.58. The molecule has 2 rings (SSSR count). The van der Waals surface area contributed by atoms with E-state index in [0.29, 0.717) is 13.2 Å². The van der Waals surface area contributed by atoms with Crippen LogP contribution in [0.2, 0.25) is 0 Å². The summed E-state index contributed by atoms with van der Waals surface area (Å²) in [6.07, 6.45) is 0. The van der Waals surface area contributed by atoms with Crippen molar-refractivity contribution in [2.45, 2.75) is 25.9 Å². The molecule has 2 N–H and O–H groups in total. The number of carboxylic acid groups (broad SMARTS) is 1. The third-order valence-corrected chi connectivity index (χ3v) is 2.94. The monoisotopic (exact) mass is 251 g/mol. The number of nitrogens with one attached hydrogen (secondary N) is 1. The molecule has 0 amide bonds. The molecule has 1 aromatic rings. The maximum absolute atomic E-state index is 10.8. The molecule has 1 aliphatic rings. The summed E-state index contributed by atoms with van der Waals surface area (Å²) in [6.45, 7) is 4.65. The first-order chi connectivity index (χ1) is 8.58. The summed E-state index contributed by atoms with van der Waals surface area (Å²) in [5.74, 6) is 0.596. The maximum atomic E-state index is 10.8. The minimum atomic E-state index is -0.862. The molecule has 18 heavy (non-hydrogen) atoms. The van der Waals surface area contributed by atoms with Gasteiger partial charge in [0.2, 0.25) is 0 Å². The molecule has 0 radical (unpaired) electrons. The topological polar surface area (TPSA) is 67.8 Å². The summed E-state index contributed by atoms with van der Waals surface area (Å²) in [5, 5.41) is 11.9. The second kappa shape index (κ2) is 5.27. The molecule has 2 atom stereocenters. The SMILES string of the molecule is CC(NC(C)c1ccc2c(c1)OCCO2)C(=O)O. The fourth-order valence-corrected chi connectivity index (χ4v) is 1.87. The molecular formula is C13H17NO4. The van der Waals surface area contributed by atoms with Gasteiger partial charge in [-0.3, -0.25) is 10.1 Å². The zero-order valence-corrected chi connectivity index (χ0v) is 10.5. The van der Waals surface area contributed by atoms with Crippen LogP contribution in [0, 0.1) is 0 Å². The average molecular weight is 251 g/mol. The Morgan fingerprint density at radius 3 is 2.61 bits per heavy atom. The summed E-state index contributed by atoms with van der Waals surface area (Å²) < 4.78 is 10.9. The highest BCUT2D eigenvalue weighted by atomic mass is 16.6. The minimum absolute atomic E-state index is 0.0630. The van der Waals surface area contributed by atoms with E-state index in [1.165, 1.54) is 0 Å². The van der Waals surface area contributed by atoms with E-state index in [-0.39, 0.29) is 6.04 Å². The van der Waals surface area contributed by atoms with Crippen LogP contribution in [0.15, 0.2) is 18.2 Å². The van der Waals surface area contributed by atoms with Crippen LogP contribution < -0.4 is 14.8 Å². The molecule has 2 unspecified atom stereocenters. The van der Waals surface area contributed by atoms with Gasteiger partial charge < -0.3 is 14.6 Å². The smallest absolute Gasteiger partial charge is 0.320 e. The second-order valence-electron chi connectivity index (χ2n) is 4.35. The van der Waals surface area contributed by atoms with Crippen molar-refractivity contribution in [2.75, 3.05) is 13.2 Å². The molecule has 0 saturated heterocycles. The van der Waals surface area contributed by atoms with Crippen LogP contribution in [0.5, 0.6) is 11.5 Å². The first-order valence-electron chi connectivity index (χ1n) is 5.96. The van der Waals surface area contributed by atoms with Crippen LogP contribution >= 0.6 is 0 Å². The van der Waals surface area contributed by atoms with Crippen LogP contribution in [0.3, 0.4) is 0 Å². The third-order valence-electron chi connectivity index (χ3n) is 2.94. The van der Waals surface area contributed by atoms with E-state index in [4.69, 9.17) is 14.6 Å². The number of fused-ring (bicyclic) bond motifs is 1. The summed E-state index contributed by atoms with van der Waals surface area (Å²) in [6, 6.07) is 5.01. The van der Waals surface area contributed by atoms with Gasteiger partial charge in [0.25, 0.3) is 0 Å². The molecule has 5 heteroatoms. The summed E-state index contributed by atoms with van der Waals surface area (Å²) in [7, 11) is 0. The van der Waals surface area contributed by atoms with E-state index >= 15 is 0 Å². The Hall–Kier alpha value is -1.75.